The van der Waals surface area contributed by atoms with Gasteiger partial charge < -0.3 is 14.2 Å². The van der Waals surface area contributed by atoms with Crippen LogP contribution in [0.5, 0.6) is 0 Å². The van der Waals surface area contributed by atoms with Crippen molar-refractivity contribution >= 4 is 17.9 Å². The van der Waals surface area contributed by atoms with E-state index in [9.17, 15) is 14.4 Å². The summed E-state index contributed by atoms with van der Waals surface area (Å²) in [5.74, 6) is -0.858. The zero-order valence-corrected chi connectivity index (χ0v) is 41.9. The van der Waals surface area contributed by atoms with E-state index in [0.29, 0.717) is 19.3 Å². The van der Waals surface area contributed by atoms with Gasteiger partial charge in [-0.25, -0.2) is 0 Å². The molecule has 6 heteroatoms. The van der Waals surface area contributed by atoms with Crippen molar-refractivity contribution in [1.29, 1.82) is 0 Å². The molecule has 0 spiro atoms. The smallest absolute Gasteiger partial charge is 0.306 e. The van der Waals surface area contributed by atoms with Gasteiger partial charge in [-0.2, -0.15) is 0 Å². The van der Waals surface area contributed by atoms with E-state index in [2.05, 4.69) is 32.9 Å². The Morgan fingerprint density at radius 2 is 0.532 bits per heavy atom. The minimum Gasteiger partial charge on any atom is -0.462 e. The number of rotatable bonds is 51. The fraction of sp³-hybridized carbons (Fsp3) is 0.911. The predicted octanol–water partition coefficient (Wildman–Crippen LogP) is 18.2. The second-order valence-corrected chi connectivity index (χ2v) is 18.9. The Balaban J connectivity index is 4.26. The number of carbonyl (C=O) groups is 3. The Labute approximate surface area is 386 Å². The summed E-state index contributed by atoms with van der Waals surface area (Å²) < 4.78 is 16.8. The fourth-order valence-corrected chi connectivity index (χ4v) is 8.32. The second-order valence-electron chi connectivity index (χ2n) is 18.9. The zero-order valence-electron chi connectivity index (χ0n) is 41.9. The van der Waals surface area contributed by atoms with E-state index in [1.807, 2.05) is 0 Å². The van der Waals surface area contributed by atoms with Crippen molar-refractivity contribution in [2.45, 2.75) is 316 Å². The molecule has 0 amide bonds. The monoisotopic (exact) mass is 875 g/mol. The average Bonchev–Trinajstić information content (AvgIpc) is 3.27. The molecule has 1 atom stereocenters. The molecule has 0 aromatic rings. The van der Waals surface area contributed by atoms with Crippen molar-refractivity contribution in [3.05, 3.63) is 12.2 Å². The van der Waals surface area contributed by atoms with E-state index in [4.69, 9.17) is 14.2 Å². The van der Waals surface area contributed by atoms with Gasteiger partial charge in [-0.3, -0.25) is 14.4 Å². The van der Waals surface area contributed by atoms with Crippen molar-refractivity contribution < 1.29 is 28.6 Å². The third kappa shape index (κ3) is 49.2. The van der Waals surface area contributed by atoms with Crippen LogP contribution in [-0.4, -0.2) is 37.2 Å². The lowest BCUT2D eigenvalue weighted by atomic mass is 10.0. The van der Waals surface area contributed by atoms with Crippen LogP contribution < -0.4 is 0 Å². The van der Waals surface area contributed by atoms with Gasteiger partial charge in [-0.1, -0.05) is 258 Å². The molecule has 0 radical (unpaired) electrons. The normalized spacial score (nSPS) is 12.0. The Bertz CT molecular complexity index is 962. The summed E-state index contributed by atoms with van der Waals surface area (Å²) in [4.78, 5) is 38.0. The maximum atomic E-state index is 12.8. The standard InChI is InChI=1S/C56H106O6/c1-4-7-10-13-16-19-22-24-26-27-28-29-31-32-34-37-40-43-46-49-55(58)61-52-53(51-60-54(57)48-45-42-39-36-21-18-15-12-9-6-3)62-56(59)50-47-44-41-38-35-33-30-25-23-20-17-14-11-8-5-2/h25,30,53H,4-24,26-29,31-52H2,1-3H3/b30-25-. The van der Waals surface area contributed by atoms with E-state index in [-0.39, 0.29) is 31.1 Å². The highest BCUT2D eigenvalue weighted by Crippen LogP contribution is 2.17. The quantitative estimate of drug-likeness (QED) is 0.0262. The van der Waals surface area contributed by atoms with Gasteiger partial charge >= 0.3 is 17.9 Å². The summed E-state index contributed by atoms with van der Waals surface area (Å²) >= 11 is 0. The van der Waals surface area contributed by atoms with Gasteiger partial charge in [0.2, 0.25) is 0 Å². The molecule has 0 fully saturated rings. The summed E-state index contributed by atoms with van der Waals surface area (Å²) in [6, 6.07) is 0. The minimum atomic E-state index is -0.767. The molecule has 0 aromatic heterocycles. The molecule has 0 saturated carbocycles. The van der Waals surface area contributed by atoms with E-state index < -0.39 is 6.10 Å². The van der Waals surface area contributed by atoms with Crippen LogP contribution >= 0.6 is 0 Å². The van der Waals surface area contributed by atoms with Crippen molar-refractivity contribution in [2.75, 3.05) is 13.2 Å². The van der Waals surface area contributed by atoms with Gasteiger partial charge in [0, 0.05) is 19.3 Å². The van der Waals surface area contributed by atoms with Crippen LogP contribution in [0.25, 0.3) is 0 Å². The fourth-order valence-electron chi connectivity index (χ4n) is 8.32. The molecule has 1 unspecified atom stereocenters. The first kappa shape index (κ1) is 60.2. The Morgan fingerprint density at radius 1 is 0.306 bits per heavy atom. The van der Waals surface area contributed by atoms with Crippen LogP contribution in [0, 0.1) is 0 Å². The molecule has 0 aliphatic heterocycles. The third-order valence-corrected chi connectivity index (χ3v) is 12.5. The lowest BCUT2D eigenvalue weighted by molar-refractivity contribution is -0.167. The van der Waals surface area contributed by atoms with Crippen molar-refractivity contribution in [2.24, 2.45) is 0 Å². The number of hydrogen-bond donors (Lipinski definition) is 0. The number of ether oxygens (including phenoxy) is 3. The molecular formula is C56H106O6. The summed E-state index contributed by atoms with van der Waals surface area (Å²) in [7, 11) is 0. The summed E-state index contributed by atoms with van der Waals surface area (Å²) in [6.45, 7) is 6.66. The highest BCUT2D eigenvalue weighted by Gasteiger charge is 2.19. The van der Waals surface area contributed by atoms with Gasteiger partial charge in [0.1, 0.15) is 13.2 Å². The molecule has 0 rings (SSSR count). The molecule has 0 saturated heterocycles. The topological polar surface area (TPSA) is 78.9 Å². The van der Waals surface area contributed by atoms with Gasteiger partial charge in [0.05, 0.1) is 0 Å². The third-order valence-electron chi connectivity index (χ3n) is 12.5. The Kier molecular flexibility index (Phi) is 50.2. The van der Waals surface area contributed by atoms with Crippen LogP contribution in [-0.2, 0) is 28.6 Å². The van der Waals surface area contributed by atoms with Crippen molar-refractivity contribution in [3.63, 3.8) is 0 Å². The molecule has 62 heavy (non-hydrogen) atoms. The van der Waals surface area contributed by atoms with Crippen molar-refractivity contribution in [3.8, 4) is 0 Å². The number of unbranched alkanes of at least 4 members (excludes halogenated alkanes) is 38. The molecule has 0 aliphatic rings. The van der Waals surface area contributed by atoms with E-state index >= 15 is 0 Å². The first-order valence-corrected chi connectivity index (χ1v) is 27.7. The number of carbonyl (C=O) groups excluding carboxylic acids is 3. The Morgan fingerprint density at radius 3 is 0.806 bits per heavy atom. The molecule has 0 aromatic carbocycles. The largest absolute Gasteiger partial charge is 0.462 e. The SMILES string of the molecule is CCCCCCCC/C=C\CCCCCCCC(=O)OC(COC(=O)CCCCCCCCCCCC)COC(=O)CCCCCCCCCCCCCCCCCCCCC. The number of hydrogen-bond acceptors (Lipinski definition) is 6. The molecule has 6 nitrogen and oxygen atoms in total. The maximum absolute atomic E-state index is 12.8. The number of esters is 3. The maximum Gasteiger partial charge on any atom is 0.306 e. The van der Waals surface area contributed by atoms with E-state index in [0.717, 1.165) is 64.2 Å². The van der Waals surface area contributed by atoms with E-state index in [1.165, 1.54) is 205 Å². The molecule has 366 valence electrons. The lowest BCUT2D eigenvalue weighted by Gasteiger charge is -2.18. The lowest BCUT2D eigenvalue weighted by Crippen LogP contribution is -2.30. The predicted molar refractivity (Wildman–Crippen MR) is 266 cm³/mol. The second kappa shape index (κ2) is 51.8. The zero-order chi connectivity index (χ0) is 45.1. The summed E-state index contributed by atoms with van der Waals surface area (Å²) in [6.07, 6.45) is 57.7. The molecule has 0 heterocycles. The van der Waals surface area contributed by atoms with E-state index in [1.54, 1.807) is 0 Å². The van der Waals surface area contributed by atoms with Crippen LogP contribution in [0.3, 0.4) is 0 Å². The average molecular weight is 875 g/mol. The first-order valence-electron chi connectivity index (χ1n) is 27.7. The molecule has 0 aliphatic carbocycles. The van der Waals surface area contributed by atoms with Gasteiger partial charge in [-0.05, 0) is 44.9 Å². The summed E-state index contributed by atoms with van der Waals surface area (Å²) in [5.41, 5.74) is 0. The highest BCUT2D eigenvalue weighted by molar-refractivity contribution is 5.71. The van der Waals surface area contributed by atoms with Crippen LogP contribution in [0.2, 0.25) is 0 Å². The van der Waals surface area contributed by atoms with Crippen LogP contribution in [0.1, 0.15) is 310 Å². The Hall–Kier alpha value is -1.85. The van der Waals surface area contributed by atoms with Gasteiger partial charge in [0.25, 0.3) is 0 Å². The number of allylic oxidation sites excluding steroid dienone is 2. The molecule has 0 bridgehead atoms. The molecular weight excluding hydrogens is 769 g/mol. The van der Waals surface area contributed by atoms with Crippen molar-refractivity contribution in [1.82, 2.24) is 0 Å². The van der Waals surface area contributed by atoms with Gasteiger partial charge in [0.15, 0.2) is 6.10 Å². The molecule has 0 N–H and O–H groups in total. The van der Waals surface area contributed by atoms with Crippen LogP contribution in [0.4, 0.5) is 0 Å². The highest BCUT2D eigenvalue weighted by atomic mass is 16.6. The van der Waals surface area contributed by atoms with Crippen LogP contribution in [0.15, 0.2) is 12.2 Å². The minimum absolute atomic E-state index is 0.0678. The summed E-state index contributed by atoms with van der Waals surface area (Å²) in [5, 5.41) is 0. The van der Waals surface area contributed by atoms with Gasteiger partial charge in [-0.15, -0.1) is 0 Å². The first-order chi connectivity index (χ1) is 30.5.